The van der Waals surface area contributed by atoms with Crippen molar-refractivity contribution >= 4 is 5.91 Å². The molecule has 0 spiro atoms. The lowest BCUT2D eigenvalue weighted by Gasteiger charge is -2.39. The Morgan fingerprint density at radius 1 is 0.364 bits per heavy atom. The predicted molar refractivity (Wildman–Crippen MR) is 98.3 cm³/mol. The van der Waals surface area contributed by atoms with E-state index in [2.05, 4.69) is 0 Å². The van der Waals surface area contributed by atoms with E-state index < -0.39 is 118 Å². The summed E-state index contributed by atoms with van der Waals surface area (Å²) in [6, 6.07) is -2.94. The average Bonchev–Trinajstić information content (AvgIpc) is 3.41. The topological polar surface area (TPSA) is 34.9 Å². The molecule has 1 heterocycles. The lowest BCUT2D eigenvalue weighted by atomic mass is 9.91. The van der Waals surface area contributed by atoms with Crippen molar-refractivity contribution in [2.45, 2.75) is 89.6 Å². The van der Waals surface area contributed by atoms with Gasteiger partial charge in [-0.3, -0.25) is 4.79 Å². The molecule has 55 heavy (non-hydrogen) atoms. The van der Waals surface area contributed by atoms with Gasteiger partial charge in [-0.25, -0.2) is 0 Å². The van der Waals surface area contributed by atoms with Crippen molar-refractivity contribution in [1.29, 1.82) is 0 Å². The fourth-order valence-electron chi connectivity index (χ4n) is 3.22. The van der Waals surface area contributed by atoms with Gasteiger partial charge in [0.1, 0.15) is 11.4 Å². The van der Waals surface area contributed by atoms with E-state index in [4.69, 9.17) is 0 Å². The molecule has 0 aromatic carbocycles. The van der Waals surface area contributed by atoms with Gasteiger partial charge >= 0.3 is 95.5 Å². The minimum absolute atomic E-state index is 0.623. The van der Waals surface area contributed by atoms with Crippen LogP contribution in [0.2, 0.25) is 0 Å². The second-order valence-corrected chi connectivity index (χ2v) is 10.0. The van der Waals surface area contributed by atoms with Crippen molar-refractivity contribution in [2.75, 3.05) is 0 Å². The maximum atomic E-state index is 14.7. The Labute approximate surface area is 274 Å². The van der Waals surface area contributed by atoms with Gasteiger partial charge in [0.2, 0.25) is 0 Å². The summed E-state index contributed by atoms with van der Waals surface area (Å²) in [4.78, 5) is 11.7. The Morgan fingerprint density at radius 3 is 0.891 bits per heavy atom. The zero-order chi connectivity index (χ0) is 45.2. The molecule has 0 aliphatic carbocycles. The van der Waals surface area contributed by atoms with Gasteiger partial charge in [0, 0.05) is 0 Å². The highest BCUT2D eigenvalue weighted by Gasteiger charge is 2.93. The van der Waals surface area contributed by atoms with Crippen LogP contribution >= 0.6 is 0 Å². The lowest BCUT2D eigenvalue weighted by molar-refractivity contribution is -0.442. The van der Waals surface area contributed by atoms with Gasteiger partial charge in [0.25, 0.3) is 0 Å². The maximum Gasteiger partial charge on any atom is 0.460 e. The Morgan fingerprint density at radius 2 is 0.618 bits per heavy atom. The number of halogens is 33. The van der Waals surface area contributed by atoms with Gasteiger partial charge in [0.15, 0.2) is 0 Å². The Balaban J connectivity index is 4.52. The zero-order valence-electron chi connectivity index (χ0n) is 23.4. The van der Waals surface area contributed by atoms with Gasteiger partial charge in [0.05, 0.1) is 0 Å². The third-order valence-corrected chi connectivity index (χ3v) is 6.43. The first-order valence-electron chi connectivity index (χ1n) is 11.6. The molecule has 3 nitrogen and oxygen atoms in total. The summed E-state index contributed by atoms with van der Waals surface area (Å²) in [5.41, 5.74) is -10.0. The molecular formula is C19HF33N2O. The number of carbonyl (C=O) groups excluding carboxylic acids is 1. The number of carbonyl (C=O) groups is 1. The summed E-state index contributed by atoms with van der Waals surface area (Å²) in [5, 5.41) is 0.623. The molecule has 1 aromatic rings. The van der Waals surface area contributed by atoms with Crippen LogP contribution in [0, 0.1) is 0 Å². The van der Waals surface area contributed by atoms with Crippen LogP contribution in [0.1, 0.15) is 16.2 Å². The molecule has 0 radical (unpaired) electrons. The van der Waals surface area contributed by atoms with Crippen LogP contribution in [0.25, 0.3) is 0 Å². The predicted octanol–water partition coefficient (Wildman–Crippen LogP) is 10.7. The second-order valence-electron chi connectivity index (χ2n) is 10.0. The molecule has 0 aliphatic heterocycles. The van der Waals surface area contributed by atoms with Gasteiger partial charge in [-0.2, -0.15) is 155 Å². The fourth-order valence-corrected chi connectivity index (χ4v) is 3.22. The van der Waals surface area contributed by atoms with E-state index in [0.717, 1.165) is 0 Å². The van der Waals surface area contributed by atoms with E-state index in [1.807, 2.05) is 0 Å². The van der Waals surface area contributed by atoms with Crippen LogP contribution in [0.15, 0.2) is 6.07 Å². The van der Waals surface area contributed by atoms with Crippen LogP contribution < -0.4 is 0 Å². The highest BCUT2D eigenvalue weighted by molar-refractivity contribution is 5.87. The van der Waals surface area contributed by atoms with E-state index in [-0.39, 0.29) is 0 Å². The second kappa shape index (κ2) is 12.3. The molecule has 0 N–H and O–H groups in total. The first-order valence-corrected chi connectivity index (χ1v) is 11.6. The van der Waals surface area contributed by atoms with E-state index in [0.29, 0.717) is 5.10 Å². The summed E-state index contributed by atoms with van der Waals surface area (Å²) in [5.74, 6) is -112. The van der Waals surface area contributed by atoms with Crippen LogP contribution in [0.4, 0.5) is 145 Å². The molecule has 0 aliphatic rings. The first kappa shape index (κ1) is 49.6. The standard InChI is InChI=1S/C19HF33N2O/c20-5(21,8(26,27)11(32,33)13(36,37)15(40,41)18(47,48)49)2-1-3(54(53-2)4(55)7(24,25)10(30,31)17(44,45)46)6(22,23)9(28,29)12(34,35)14(38,39)16(42,43)19(50,51)52/h1H. The van der Waals surface area contributed by atoms with E-state index in [1.165, 1.54) is 0 Å². The van der Waals surface area contributed by atoms with Crippen LogP contribution in [0.5, 0.6) is 0 Å². The van der Waals surface area contributed by atoms with E-state index in [1.54, 1.807) is 0 Å². The summed E-state index contributed by atoms with van der Waals surface area (Å²) in [6.07, 6.45) is -24.6. The molecule has 1 aromatic heterocycles. The molecule has 324 valence electrons. The highest BCUT2D eigenvalue weighted by atomic mass is 19.5. The van der Waals surface area contributed by atoms with Gasteiger partial charge in [-0.05, 0) is 6.07 Å². The molecule has 0 atom stereocenters. The SMILES string of the molecule is O=C(n1nc(C(F)(F)C(F)(F)C(F)(F)C(F)(F)C(F)(F)C(F)(F)F)cc1C(F)(F)C(F)(F)C(F)(F)C(F)(F)C(F)(F)C(F)(F)F)C(F)(F)C(F)(F)C(F)(F)F. The summed E-state index contributed by atoms with van der Waals surface area (Å²) in [6.45, 7) is 0. The lowest BCUT2D eigenvalue weighted by Crippen LogP contribution is -2.69. The molecular weight excluding hydrogens is 899 g/mol. The molecule has 0 fully saturated rings. The number of hydrogen-bond acceptors (Lipinski definition) is 2. The summed E-state index contributed by atoms with van der Waals surface area (Å²) >= 11 is 0. The van der Waals surface area contributed by atoms with Crippen molar-refractivity contribution in [2.24, 2.45) is 0 Å². The first-order chi connectivity index (χ1) is 23.2. The van der Waals surface area contributed by atoms with Crippen molar-refractivity contribution in [3.63, 3.8) is 0 Å². The van der Waals surface area contributed by atoms with Crippen molar-refractivity contribution < 1.29 is 150 Å². The molecule has 0 saturated carbocycles. The van der Waals surface area contributed by atoms with Crippen molar-refractivity contribution in [3.05, 3.63) is 17.5 Å². The zero-order valence-corrected chi connectivity index (χ0v) is 23.4. The molecule has 0 amide bonds. The van der Waals surface area contributed by atoms with Crippen molar-refractivity contribution in [3.8, 4) is 0 Å². The van der Waals surface area contributed by atoms with Crippen LogP contribution in [-0.2, 0) is 11.8 Å². The minimum Gasteiger partial charge on any atom is -0.265 e. The largest absolute Gasteiger partial charge is 0.460 e. The third-order valence-electron chi connectivity index (χ3n) is 6.43. The molecule has 1 rings (SSSR count). The normalized spacial score (nSPS) is 16.5. The minimum atomic E-state index is -9.32. The molecule has 0 unspecified atom stereocenters. The van der Waals surface area contributed by atoms with Gasteiger partial charge < -0.3 is 0 Å². The number of alkyl halides is 33. The molecule has 0 saturated heterocycles. The smallest absolute Gasteiger partial charge is 0.265 e. The average molecular weight is 900 g/mol. The summed E-state index contributed by atoms with van der Waals surface area (Å²) < 4.78 is 439. The quantitative estimate of drug-likeness (QED) is 0.196. The van der Waals surface area contributed by atoms with Crippen LogP contribution in [0.3, 0.4) is 0 Å². The van der Waals surface area contributed by atoms with E-state index in [9.17, 15) is 150 Å². The molecule has 36 heteroatoms. The Hall–Kier alpha value is -3.43. The Kier molecular flexibility index (Phi) is 11.1. The van der Waals surface area contributed by atoms with Crippen LogP contribution in [-0.4, -0.2) is 93.4 Å². The number of rotatable bonds is 12. The highest BCUT2D eigenvalue weighted by Crippen LogP contribution is 2.65. The fraction of sp³-hybridized carbons (Fsp3) is 0.789. The number of nitrogens with zero attached hydrogens (tertiary/aromatic N) is 2. The Bertz CT molecular complexity index is 1600. The van der Waals surface area contributed by atoms with Gasteiger partial charge in [-0.15, -0.1) is 0 Å². The summed E-state index contributed by atoms with van der Waals surface area (Å²) in [7, 11) is 0. The monoisotopic (exact) mass is 900 g/mol. The molecule has 0 bridgehead atoms. The van der Waals surface area contributed by atoms with Crippen molar-refractivity contribution in [1.82, 2.24) is 9.78 Å². The maximum absolute atomic E-state index is 14.7. The van der Waals surface area contributed by atoms with Gasteiger partial charge in [-0.1, -0.05) is 0 Å². The third kappa shape index (κ3) is 6.21. The number of aromatic nitrogens is 2. The number of hydrogen-bond donors (Lipinski definition) is 0. The van der Waals surface area contributed by atoms with E-state index >= 15 is 0 Å².